The lowest BCUT2D eigenvalue weighted by atomic mass is 9.79. The zero-order valence-corrected chi connectivity index (χ0v) is 19.5. The van der Waals surface area contributed by atoms with E-state index in [1.807, 2.05) is 24.3 Å². The molecule has 7 aromatic rings. The Morgan fingerprint density at radius 3 is 2.11 bits per heavy atom. The minimum Gasteiger partial charge on any atom is -0.423 e. The molecule has 5 aromatic carbocycles. The van der Waals surface area contributed by atoms with E-state index in [2.05, 4.69) is 89.5 Å². The normalized spacial score (nSPS) is 11.7. The molecular weight excluding hydrogens is 449 g/mol. The van der Waals surface area contributed by atoms with Crippen LogP contribution in [0.2, 0.25) is 0 Å². The van der Waals surface area contributed by atoms with Gasteiger partial charge < -0.3 is 14.6 Å². The van der Waals surface area contributed by atoms with Crippen molar-refractivity contribution in [3.63, 3.8) is 0 Å². The van der Waals surface area contributed by atoms with Gasteiger partial charge in [-0.25, -0.2) is 0 Å². The van der Waals surface area contributed by atoms with E-state index in [-0.39, 0.29) is 0 Å². The summed E-state index contributed by atoms with van der Waals surface area (Å²) in [6.45, 7) is 0. The fourth-order valence-electron chi connectivity index (χ4n) is 5.22. The molecule has 0 aliphatic carbocycles. The number of hydrogen-bond acceptors (Lipinski definition) is 3. The van der Waals surface area contributed by atoms with Crippen molar-refractivity contribution < 1.29 is 10.0 Å². The highest BCUT2D eigenvalue weighted by Crippen LogP contribution is 2.38. The molecule has 0 fully saturated rings. The van der Waals surface area contributed by atoms with Crippen LogP contribution in [0.5, 0.6) is 0 Å². The Balaban J connectivity index is 1.60. The van der Waals surface area contributed by atoms with Gasteiger partial charge in [-0.1, -0.05) is 78.9 Å². The maximum Gasteiger partial charge on any atom is 0.489 e. The van der Waals surface area contributed by atoms with Crippen LogP contribution in [-0.4, -0.2) is 21.7 Å². The molecule has 0 aliphatic heterocycles. The van der Waals surface area contributed by atoms with Crippen molar-refractivity contribution >= 4 is 65.9 Å². The largest absolute Gasteiger partial charge is 0.489 e. The Morgan fingerprint density at radius 2 is 1.29 bits per heavy atom. The Hall–Kier alpha value is -3.90. The van der Waals surface area contributed by atoms with Crippen molar-refractivity contribution in [1.29, 1.82) is 0 Å². The quantitative estimate of drug-likeness (QED) is 0.290. The smallest absolute Gasteiger partial charge is 0.423 e. The van der Waals surface area contributed by atoms with Gasteiger partial charge in [0.1, 0.15) is 0 Å². The van der Waals surface area contributed by atoms with Crippen LogP contribution in [0.25, 0.3) is 58.8 Å². The first-order valence-corrected chi connectivity index (χ1v) is 12.4. The number of nitrogens with zero attached hydrogens (tertiary/aromatic N) is 1. The predicted molar refractivity (Wildman–Crippen MR) is 149 cm³/mol. The molecule has 0 atom stereocenters. The second-order valence-corrected chi connectivity index (χ2v) is 9.89. The van der Waals surface area contributed by atoms with Crippen LogP contribution in [0.1, 0.15) is 0 Å². The highest BCUT2D eigenvalue weighted by atomic mass is 32.1. The number of fused-ring (bicyclic) bond motifs is 6. The van der Waals surface area contributed by atoms with Gasteiger partial charge in [0, 0.05) is 42.1 Å². The van der Waals surface area contributed by atoms with Crippen LogP contribution in [0.3, 0.4) is 0 Å². The molecule has 0 unspecified atom stereocenters. The zero-order chi connectivity index (χ0) is 23.5. The van der Waals surface area contributed by atoms with E-state index in [1.54, 1.807) is 11.3 Å². The Kier molecular flexibility index (Phi) is 4.58. The van der Waals surface area contributed by atoms with Crippen molar-refractivity contribution in [3.05, 3.63) is 109 Å². The summed E-state index contributed by atoms with van der Waals surface area (Å²) >= 11 is 1.60. The average Bonchev–Trinajstić information content (AvgIpc) is 3.44. The maximum absolute atomic E-state index is 10.3. The summed E-state index contributed by atoms with van der Waals surface area (Å²) in [4.78, 5) is 0. The zero-order valence-electron chi connectivity index (χ0n) is 18.7. The minimum atomic E-state index is -1.56. The summed E-state index contributed by atoms with van der Waals surface area (Å²) in [6.07, 6.45) is 0. The Morgan fingerprint density at radius 1 is 0.571 bits per heavy atom. The van der Waals surface area contributed by atoms with Crippen LogP contribution in [0.15, 0.2) is 109 Å². The average molecular weight is 469 g/mol. The number of thiophene rings is 1. The molecule has 3 nitrogen and oxygen atoms in total. The summed E-state index contributed by atoms with van der Waals surface area (Å²) < 4.78 is 4.29. The monoisotopic (exact) mass is 469 g/mol. The highest BCUT2D eigenvalue weighted by Gasteiger charge is 2.21. The second-order valence-electron chi connectivity index (χ2n) is 8.83. The molecule has 2 N–H and O–H groups in total. The maximum atomic E-state index is 10.3. The molecule has 0 amide bonds. The van der Waals surface area contributed by atoms with Gasteiger partial charge in [0.25, 0.3) is 0 Å². The second kappa shape index (κ2) is 7.82. The molecule has 7 rings (SSSR count). The summed E-state index contributed by atoms with van der Waals surface area (Å²) in [5.74, 6) is 0. The van der Waals surface area contributed by atoms with E-state index in [4.69, 9.17) is 0 Å². The Labute approximate surface area is 206 Å². The first kappa shape index (κ1) is 20.5. The standard InChI is InChI=1S/C30H20BNO2S/c33-31(34)26-18-21(17-25-24-11-5-7-13-29(24)35-30(25)26)32-27-12-6-4-10-22(27)23-15-14-20(16-28(23)32)19-8-2-1-3-9-19/h1-18,33-34H. The molecule has 0 spiro atoms. The molecule has 35 heavy (non-hydrogen) atoms. The summed E-state index contributed by atoms with van der Waals surface area (Å²) in [5.41, 5.74) is 5.93. The topological polar surface area (TPSA) is 45.4 Å². The lowest BCUT2D eigenvalue weighted by molar-refractivity contribution is 0.426. The molecule has 0 radical (unpaired) electrons. The van der Waals surface area contributed by atoms with E-state index in [9.17, 15) is 10.0 Å². The van der Waals surface area contributed by atoms with Gasteiger partial charge >= 0.3 is 7.12 Å². The third-order valence-electron chi connectivity index (χ3n) is 6.81. The number of benzene rings is 5. The first-order chi connectivity index (χ1) is 17.2. The first-order valence-electron chi connectivity index (χ1n) is 11.6. The van der Waals surface area contributed by atoms with Crippen LogP contribution in [0.4, 0.5) is 0 Å². The lowest BCUT2D eigenvalue weighted by Crippen LogP contribution is -2.30. The lowest BCUT2D eigenvalue weighted by Gasteiger charge is -2.12. The number of hydrogen-bond donors (Lipinski definition) is 2. The third kappa shape index (κ3) is 3.13. The van der Waals surface area contributed by atoms with Gasteiger partial charge in [-0.3, -0.25) is 0 Å². The minimum absolute atomic E-state index is 0.531. The van der Waals surface area contributed by atoms with Crippen molar-refractivity contribution in [1.82, 2.24) is 4.57 Å². The van der Waals surface area contributed by atoms with Crippen LogP contribution >= 0.6 is 11.3 Å². The predicted octanol–water partition coefficient (Wildman–Crippen LogP) is 6.50. The molecule has 0 bridgehead atoms. The van der Waals surface area contributed by atoms with Gasteiger partial charge in [-0.2, -0.15) is 0 Å². The summed E-state index contributed by atoms with van der Waals surface area (Å²) in [6, 6.07) is 37.7. The van der Waals surface area contributed by atoms with Crippen molar-refractivity contribution in [2.45, 2.75) is 0 Å². The fraction of sp³-hybridized carbons (Fsp3) is 0. The molecule has 2 aromatic heterocycles. The molecule has 0 saturated heterocycles. The van der Waals surface area contributed by atoms with E-state index in [0.717, 1.165) is 48.0 Å². The van der Waals surface area contributed by atoms with Gasteiger partial charge in [-0.15, -0.1) is 11.3 Å². The molecular formula is C30H20BNO2S. The van der Waals surface area contributed by atoms with E-state index >= 15 is 0 Å². The Bertz CT molecular complexity index is 1890. The van der Waals surface area contributed by atoms with Gasteiger partial charge in [0.2, 0.25) is 0 Å². The van der Waals surface area contributed by atoms with Crippen LogP contribution in [0, 0.1) is 0 Å². The third-order valence-corrected chi connectivity index (χ3v) is 8.04. The van der Waals surface area contributed by atoms with E-state index in [0.29, 0.717) is 5.46 Å². The van der Waals surface area contributed by atoms with Gasteiger partial charge in [0.05, 0.1) is 11.0 Å². The number of aromatic nitrogens is 1. The van der Waals surface area contributed by atoms with E-state index in [1.165, 1.54) is 10.8 Å². The van der Waals surface area contributed by atoms with Gasteiger partial charge in [-0.05, 0) is 41.5 Å². The summed E-state index contributed by atoms with van der Waals surface area (Å²) in [5, 5.41) is 25.2. The molecule has 2 heterocycles. The molecule has 166 valence electrons. The number of rotatable bonds is 3. The number of para-hydroxylation sites is 1. The van der Waals surface area contributed by atoms with E-state index < -0.39 is 7.12 Å². The van der Waals surface area contributed by atoms with Crippen LogP contribution < -0.4 is 5.46 Å². The molecule has 0 aliphatic rings. The molecule has 0 saturated carbocycles. The summed E-state index contributed by atoms with van der Waals surface area (Å²) in [7, 11) is -1.56. The van der Waals surface area contributed by atoms with Crippen molar-refractivity contribution in [2.24, 2.45) is 0 Å². The van der Waals surface area contributed by atoms with Crippen molar-refractivity contribution in [2.75, 3.05) is 0 Å². The SMILES string of the molecule is OB(O)c1cc(-n2c3ccccc3c3ccc(-c4ccccc4)cc32)cc2c1sc1ccccc12. The van der Waals surface area contributed by atoms with Gasteiger partial charge in [0.15, 0.2) is 0 Å². The molecule has 5 heteroatoms. The van der Waals surface area contributed by atoms with Crippen LogP contribution in [-0.2, 0) is 0 Å². The fourth-order valence-corrected chi connectivity index (χ4v) is 6.43. The van der Waals surface area contributed by atoms with Crippen molar-refractivity contribution in [3.8, 4) is 16.8 Å². The highest BCUT2D eigenvalue weighted by molar-refractivity contribution is 7.27.